The largest absolute Gasteiger partial charge is 0.497 e. The van der Waals surface area contributed by atoms with E-state index in [1.165, 1.54) is 5.56 Å². The van der Waals surface area contributed by atoms with E-state index < -0.39 is 0 Å². The van der Waals surface area contributed by atoms with Crippen LogP contribution in [0.25, 0.3) is 16.5 Å². The van der Waals surface area contributed by atoms with Gasteiger partial charge in [0.2, 0.25) is 0 Å². The Morgan fingerprint density at radius 2 is 1.77 bits per heavy atom. The van der Waals surface area contributed by atoms with E-state index in [1.807, 2.05) is 54.7 Å². The molecule has 1 N–H and O–H groups in total. The van der Waals surface area contributed by atoms with Crippen LogP contribution in [0.4, 0.5) is 5.69 Å². The number of carbonyl (C=O) groups is 1. The second kappa shape index (κ2) is 8.58. The van der Waals surface area contributed by atoms with Crippen LogP contribution in [0.5, 0.6) is 11.5 Å². The van der Waals surface area contributed by atoms with Crippen LogP contribution in [0.2, 0.25) is 0 Å². The molecular formula is C30H26N2O3. The smallest absolute Gasteiger partial charge is 0.162 e. The van der Waals surface area contributed by atoms with Gasteiger partial charge in [0.05, 0.1) is 25.8 Å². The topological polar surface area (TPSA) is 60.5 Å². The highest BCUT2D eigenvalue weighted by Crippen LogP contribution is 2.52. The fourth-order valence-corrected chi connectivity index (χ4v) is 5.59. The number of Topliss-reactive ketones (excluding diaryl/α,β-unsaturated/α-hetero) is 1. The van der Waals surface area contributed by atoms with Gasteiger partial charge < -0.3 is 14.8 Å². The zero-order valence-electron chi connectivity index (χ0n) is 19.7. The predicted molar refractivity (Wildman–Crippen MR) is 138 cm³/mol. The van der Waals surface area contributed by atoms with Crippen LogP contribution in [0, 0.1) is 0 Å². The molecule has 5 heteroatoms. The zero-order valence-corrected chi connectivity index (χ0v) is 19.7. The van der Waals surface area contributed by atoms with E-state index in [9.17, 15) is 4.79 Å². The van der Waals surface area contributed by atoms with E-state index in [0.717, 1.165) is 56.8 Å². The number of methoxy groups -OCH3 is 2. The van der Waals surface area contributed by atoms with Gasteiger partial charge in [0.1, 0.15) is 11.5 Å². The zero-order chi connectivity index (χ0) is 23.9. The van der Waals surface area contributed by atoms with Gasteiger partial charge in [0.25, 0.3) is 0 Å². The molecule has 0 amide bonds. The fourth-order valence-electron chi connectivity index (χ4n) is 5.59. The quantitative estimate of drug-likeness (QED) is 0.385. The van der Waals surface area contributed by atoms with Crippen molar-refractivity contribution >= 4 is 27.9 Å². The van der Waals surface area contributed by atoms with Gasteiger partial charge in [-0.2, -0.15) is 0 Å². The predicted octanol–water partition coefficient (Wildman–Crippen LogP) is 6.32. The van der Waals surface area contributed by atoms with Gasteiger partial charge in [-0.25, -0.2) is 0 Å². The first-order valence-electron chi connectivity index (χ1n) is 11.9. The van der Waals surface area contributed by atoms with Crippen molar-refractivity contribution in [2.75, 3.05) is 19.5 Å². The number of pyridine rings is 1. The molecule has 5 nitrogen and oxygen atoms in total. The highest BCUT2D eigenvalue weighted by molar-refractivity contribution is 6.12. The summed E-state index contributed by atoms with van der Waals surface area (Å²) in [6.45, 7) is 0. The lowest BCUT2D eigenvalue weighted by Crippen LogP contribution is -2.30. The molecule has 4 aromatic rings. The normalized spacial score (nSPS) is 19.1. The van der Waals surface area contributed by atoms with E-state index >= 15 is 0 Å². The summed E-state index contributed by atoms with van der Waals surface area (Å²) in [5.41, 5.74) is 7.00. The number of ether oxygens (including phenoxy) is 2. The van der Waals surface area contributed by atoms with Crippen molar-refractivity contribution in [3.8, 4) is 11.5 Å². The van der Waals surface area contributed by atoms with Gasteiger partial charge in [0.15, 0.2) is 5.78 Å². The van der Waals surface area contributed by atoms with Crippen LogP contribution in [-0.2, 0) is 4.79 Å². The van der Waals surface area contributed by atoms with Crippen molar-refractivity contribution in [1.82, 2.24) is 4.98 Å². The third-order valence-electron chi connectivity index (χ3n) is 7.20. The molecule has 6 rings (SSSR count). The number of hydrogen-bond acceptors (Lipinski definition) is 5. The number of nitrogens with one attached hydrogen (secondary N) is 1. The van der Waals surface area contributed by atoms with Gasteiger partial charge in [-0.3, -0.25) is 9.78 Å². The van der Waals surface area contributed by atoms with E-state index in [4.69, 9.17) is 9.47 Å². The fraction of sp³-hybridized carbons (Fsp3) is 0.200. The number of fused-ring (bicyclic) bond motifs is 4. The number of hydrogen-bond donors (Lipinski definition) is 1. The molecule has 0 saturated carbocycles. The van der Waals surface area contributed by atoms with Gasteiger partial charge in [-0.1, -0.05) is 36.4 Å². The molecule has 0 radical (unpaired) electrons. The average Bonchev–Trinajstić information content (AvgIpc) is 2.92. The Balaban J connectivity index is 1.60. The molecule has 0 spiro atoms. The lowest BCUT2D eigenvalue weighted by atomic mass is 9.71. The summed E-state index contributed by atoms with van der Waals surface area (Å²) in [5, 5.41) is 4.73. The number of allylic oxidation sites excluding steroid dienone is 1. The molecule has 3 aromatic carbocycles. The number of aromatic nitrogens is 1. The van der Waals surface area contributed by atoms with E-state index in [2.05, 4.69) is 34.6 Å². The first-order valence-corrected chi connectivity index (χ1v) is 11.9. The maximum Gasteiger partial charge on any atom is 0.162 e. The Morgan fingerprint density at radius 3 is 2.57 bits per heavy atom. The van der Waals surface area contributed by atoms with Crippen LogP contribution in [0.15, 0.2) is 84.6 Å². The van der Waals surface area contributed by atoms with E-state index in [0.29, 0.717) is 6.42 Å². The maximum atomic E-state index is 13.9. The van der Waals surface area contributed by atoms with Crippen LogP contribution >= 0.6 is 0 Å². The lowest BCUT2D eigenvalue weighted by molar-refractivity contribution is -0.116. The molecule has 2 heterocycles. The van der Waals surface area contributed by atoms with Crippen molar-refractivity contribution in [2.45, 2.75) is 24.8 Å². The molecule has 0 unspecified atom stereocenters. The highest BCUT2D eigenvalue weighted by Gasteiger charge is 2.39. The molecule has 0 saturated heterocycles. The average molecular weight is 463 g/mol. The highest BCUT2D eigenvalue weighted by atomic mass is 16.5. The Labute approximate surface area is 204 Å². The van der Waals surface area contributed by atoms with Gasteiger partial charge in [-0.15, -0.1) is 0 Å². The Kier molecular flexibility index (Phi) is 5.25. The summed E-state index contributed by atoms with van der Waals surface area (Å²) in [7, 11) is 3.31. The molecule has 0 bridgehead atoms. The van der Waals surface area contributed by atoms with Gasteiger partial charge >= 0.3 is 0 Å². The number of carbonyl (C=O) groups excluding carboxylic acids is 1. The molecular weight excluding hydrogens is 436 g/mol. The second-order valence-corrected chi connectivity index (χ2v) is 9.07. The van der Waals surface area contributed by atoms with Gasteiger partial charge in [0, 0.05) is 40.4 Å². The number of benzene rings is 3. The molecule has 1 aliphatic heterocycles. The van der Waals surface area contributed by atoms with Crippen molar-refractivity contribution in [3.63, 3.8) is 0 Å². The number of anilines is 1. The van der Waals surface area contributed by atoms with Crippen molar-refractivity contribution < 1.29 is 14.3 Å². The minimum atomic E-state index is -0.333. The summed E-state index contributed by atoms with van der Waals surface area (Å²) < 4.78 is 11.2. The van der Waals surface area contributed by atoms with Crippen LogP contribution in [0.1, 0.15) is 41.5 Å². The molecule has 2 atom stereocenters. The van der Waals surface area contributed by atoms with Crippen molar-refractivity contribution in [3.05, 3.63) is 101 Å². The Hall–Kier alpha value is -4.12. The molecule has 2 aliphatic rings. The Morgan fingerprint density at radius 1 is 0.914 bits per heavy atom. The molecule has 1 aliphatic carbocycles. The second-order valence-electron chi connectivity index (χ2n) is 9.07. The first-order chi connectivity index (χ1) is 17.2. The van der Waals surface area contributed by atoms with Crippen LogP contribution < -0.4 is 14.8 Å². The first kappa shape index (κ1) is 21.4. The maximum absolute atomic E-state index is 13.9. The summed E-state index contributed by atoms with van der Waals surface area (Å²) in [6, 6.07) is 23.9. The summed E-state index contributed by atoms with van der Waals surface area (Å²) in [4.78, 5) is 18.5. The standard InChI is InChI=1S/C30H26N2O3/c1-34-20-10-13-27(35-2)22(17-20)30-29-23(15-19(16-26(29)33)18-7-4-3-5-8-18)28-21-9-6-14-31-24(21)11-12-25(28)32-30/h3-14,17,19,30,32H,15-16H2,1-2H3/t19-,30+/m0/s1. The number of ketones is 1. The van der Waals surface area contributed by atoms with E-state index in [-0.39, 0.29) is 17.7 Å². The minimum absolute atomic E-state index is 0.133. The molecule has 35 heavy (non-hydrogen) atoms. The molecule has 1 aromatic heterocycles. The minimum Gasteiger partial charge on any atom is -0.497 e. The summed E-state index contributed by atoms with van der Waals surface area (Å²) >= 11 is 0. The molecule has 0 fully saturated rings. The van der Waals surface area contributed by atoms with Gasteiger partial charge in [-0.05, 0) is 59.9 Å². The third-order valence-corrected chi connectivity index (χ3v) is 7.20. The van der Waals surface area contributed by atoms with E-state index in [1.54, 1.807) is 14.2 Å². The van der Waals surface area contributed by atoms with Crippen molar-refractivity contribution in [2.24, 2.45) is 0 Å². The van der Waals surface area contributed by atoms with Crippen LogP contribution in [0.3, 0.4) is 0 Å². The SMILES string of the molecule is COc1ccc(OC)c([C@H]2Nc3ccc4ncccc4c3C3=C2C(=O)C[C@@H](c2ccccc2)C3)c1. The third kappa shape index (κ3) is 3.55. The summed E-state index contributed by atoms with van der Waals surface area (Å²) in [5.74, 6) is 1.74. The summed E-state index contributed by atoms with van der Waals surface area (Å²) in [6.07, 6.45) is 3.07. The number of nitrogens with zero attached hydrogens (tertiary/aromatic N) is 1. The lowest BCUT2D eigenvalue weighted by Gasteiger charge is -2.37. The van der Waals surface area contributed by atoms with Crippen LogP contribution in [-0.4, -0.2) is 25.0 Å². The Bertz CT molecular complexity index is 1480. The van der Waals surface area contributed by atoms with Crippen molar-refractivity contribution in [1.29, 1.82) is 0 Å². The number of rotatable bonds is 4. The molecule has 174 valence electrons. The monoisotopic (exact) mass is 462 g/mol.